The molecule has 6 nitrogen and oxygen atoms in total. The molecule has 4 aromatic rings. The molecule has 8 heteroatoms. The van der Waals surface area contributed by atoms with Gasteiger partial charge in [-0.2, -0.15) is 0 Å². The second kappa shape index (κ2) is 9.23. The number of anilines is 1. The Kier molecular flexibility index (Phi) is 6.25. The molecule has 0 aliphatic carbocycles. The zero-order valence-electron chi connectivity index (χ0n) is 16.6. The first-order chi connectivity index (χ1) is 14.6. The summed E-state index contributed by atoms with van der Waals surface area (Å²) in [6, 6.07) is 15.6. The van der Waals surface area contributed by atoms with Gasteiger partial charge in [0.15, 0.2) is 0 Å². The van der Waals surface area contributed by atoms with Crippen molar-refractivity contribution in [2.75, 3.05) is 5.32 Å². The first kappa shape index (κ1) is 20.3. The fourth-order valence-electron chi connectivity index (χ4n) is 2.80. The minimum atomic E-state index is -0.0767. The number of hydrogen-bond donors (Lipinski definition) is 1. The zero-order chi connectivity index (χ0) is 20.9. The van der Waals surface area contributed by atoms with Crippen LogP contribution >= 0.6 is 23.1 Å². The zero-order valence-corrected chi connectivity index (χ0v) is 18.2. The van der Waals surface area contributed by atoms with E-state index in [9.17, 15) is 4.79 Å². The van der Waals surface area contributed by atoms with E-state index in [1.165, 1.54) is 23.1 Å². The molecule has 2 heterocycles. The number of aromatic nitrogens is 3. The molecular formula is C22H20N4O2S2. The summed E-state index contributed by atoms with van der Waals surface area (Å²) in [5.74, 6) is 1.04. The highest BCUT2D eigenvalue weighted by Crippen LogP contribution is 2.27. The number of rotatable bonds is 7. The van der Waals surface area contributed by atoms with Crippen LogP contribution in [0.25, 0.3) is 11.5 Å². The van der Waals surface area contributed by atoms with Gasteiger partial charge in [-0.1, -0.05) is 47.7 Å². The van der Waals surface area contributed by atoms with Gasteiger partial charge in [0.25, 0.3) is 5.22 Å². The maximum absolute atomic E-state index is 12.2. The number of hydrogen-bond acceptors (Lipinski definition) is 7. The highest BCUT2D eigenvalue weighted by atomic mass is 32.2. The van der Waals surface area contributed by atoms with E-state index in [-0.39, 0.29) is 12.3 Å². The second-order valence-corrected chi connectivity index (χ2v) is 8.67. The summed E-state index contributed by atoms with van der Waals surface area (Å²) >= 11 is 2.91. The summed E-state index contributed by atoms with van der Waals surface area (Å²) in [6.07, 6.45) is 0.251. The van der Waals surface area contributed by atoms with Crippen LogP contribution in [0.3, 0.4) is 0 Å². The van der Waals surface area contributed by atoms with Gasteiger partial charge in [-0.3, -0.25) is 4.79 Å². The van der Waals surface area contributed by atoms with Crippen molar-refractivity contribution in [1.82, 2.24) is 15.2 Å². The Bertz CT molecular complexity index is 1150. The van der Waals surface area contributed by atoms with Crippen molar-refractivity contribution in [3.63, 3.8) is 0 Å². The Balaban J connectivity index is 1.31. The molecular weight excluding hydrogens is 416 g/mol. The fraction of sp³-hybridized carbons (Fsp3) is 0.182. The smallest absolute Gasteiger partial charge is 0.277 e. The third-order valence-corrected chi connectivity index (χ3v) is 6.12. The van der Waals surface area contributed by atoms with Crippen LogP contribution in [0.15, 0.2) is 63.6 Å². The number of aryl methyl sites for hydroxylation is 2. The van der Waals surface area contributed by atoms with E-state index >= 15 is 0 Å². The third-order valence-electron chi connectivity index (χ3n) is 4.37. The van der Waals surface area contributed by atoms with Gasteiger partial charge in [-0.15, -0.1) is 21.5 Å². The number of benzene rings is 2. The highest BCUT2D eigenvalue weighted by Gasteiger charge is 2.13. The van der Waals surface area contributed by atoms with E-state index in [0.717, 1.165) is 33.1 Å². The Morgan fingerprint density at radius 2 is 1.90 bits per heavy atom. The normalized spacial score (nSPS) is 10.9. The lowest BCUT2D eigenvalue weighted by Crippen LogP contribution is -2.14. The molecule has 0 radical (unpaired) electrons. The lowest BCUT2D eigenvalue weighted by Gasteiger charge is -2.04. The quantitative estimate of drug-likeness (QED) is 0.397. The topological polar surface area (TPSA) is 80.9 Å². The van der Waals surface area contributed by atoms with Crippen LogP contribution in [0.5, 0.6) is 0 Å². The van der Waals surface area contributed by atoms with E-state index in [4.69, 9.17) is 4.42 Å². The number of amides is 1. The molecule has 0 aliphatic rings. The maximum Gasteiger partial charge on any atom is 0.277 e. The summed E-state index contributed by atoms with van der Waals surface area (Å²) in [5.41, 5.74) is 4.86. The van der Waals surface area contributed by atoms with Gasteiger partial charge in [0.05, 0.1) is 12.1 Å². The average molecular weight is 437 g/mol. The van der Waals surface area contributed by atoms with Crippen molar-refractivity contribution < 1.29 is 9.21 Å². The molecule has 0 saturated heterocycles. The molecule has 2 aromatic heterocycles. The number of carbonyl (C=O) groups excluding carboxylic acids is 1. The van der Waals surface area contributed by atoms with Gasteiger partial charge < -0.3 is 9.73 Å². The van der Waals surface area contributed by atoms with Crippen molar-refractivity contribution in [2.24, 2.45) is 0 Å². The number of thioether (sulfide) groups is 1. The van der Waals surface area contributed by atoms with E-state index in [1.54, 1.807) is 0 Å². The molecule has 4 rings (SSSR count). The van der Waals surface area contributed by atoms with Crippen LogP contribution in [0.1, 0.15) is 21.8 Å². The Morgan fingerprint density at radius 1 is 1.10 bits per heavy atom. The van der Waals surface area contributed by atoms with Crippen LogP contribution in [0.2, 0.25) is 0 Å². The maximum atomic E-state index is 12.2. The number of carbonyl (C=O) groups is 1. The van der Waals surface area contributed by atoms with E-state index in [0.29, 0.717) is 16.9 Å². The molecule has 1 amide bonds. The molecule has 0 spiro atoms. The highest BCUT2D eigenvalue weighted by molar-refractivity contribution is 7.98. The molecule has 0 fully saturated rings. The average Bonchev–Trinajstić information content (AvgIpc) is 3.38. The lowest BCUT2D eigenvalue weighted by molar-refractivity contribution is -0.115. The van der Waals surface area contributed by atoms with Gasteiger partial charge in [0.1, 0.15) is 5.01 Å². The van der Waals surface area contributed by atoms with Crippen molar-refractivity contribution in [2.45, 2.75) is 31.2 Å². The van der Waals surface area contributed by atoms with E-state index in [1.807, 2.05) is 67.8 Å². The minimum Gasteiger partial charge on any atom is -0.411 e. The first-order valence-electron chi connectivity index (χ1n) is 9.39. The number of nitrogens with zero attached hydrogens (tertiary/aromatic N) is 3. The standard InChI is InChI=1S/C22H20N4O2S2/c1-14-7-9-16(10-8-14)23-19(27)11-20-24-17(12-29-20)13-30-22-26-25-21(28-22)18-6-4-3-5-15(18)2/h3-10,12H,11,13H2,1-2H3,(H,23,27). The molecule has 152 valence electrons. The molecule has 0 saturated carbocycles. The molecule has 0 aliphatic heterocycles. The van der Waals surface area contributed by atoms with Crippen LogP contribution < -0.4 is 5.32 Å². The van der Waals surface area contributed by atoms with Gasteiger partial charge in [-0.05, 0) is 37.6 Å². The molecule has 0 bridgehead atoms. The van der Waals surface area contributed by atoms with Crippen LogP contribution in [-0.2, 0) is 17.0 Å². The molecule has 0 atom stereocenters. The first-order valence-corrected chi connectivity index (χ1v) is 11.3. The van der Waals surface area contributed by atoms with Crippen molar-refractivity contribution >= 4 is 34.7 Å². The second-order valence-electron chi connectivity index (χ2n) is 6.80. The molecule has 0 unspecified atom stereocenters. The van der Waals surface area contributed by atoms with E-state index in [2.05, 4.69) is 20.5 Å². The van der Waals surface area contributed by atoms with E-state index < -0.39 is 0 Å². The fourth-order valence-corrected chi connectivity index (χ4v) is 4.35. The summed E-state index contributed by atoms with van der Waals surface area (Å²) in [7, 11) is 0. The van der Waals surface area contributed by atoms with Crippen molar-refractivity contribution in [3.8, 4) is 11.5 Å². The van der Waals surface area contributed by atoms with Crippen molar-refractivity contribution in [1.29, 1.82) is 0 Å². The summed E-state index contributed by atoms with van der Waals surface area (Å²) < 4.78 is 5.77. The number of nitrogens with one attached hydrogen (secondary N) is 1. The van der Waals surface area contributed by atoms with Crippen LogP contribution in [0.4, 0.5) is 5.69 Å². The third kappa shape index (κ3) is 5.14. The Labute approximate surface area is 182 Å². The molecule has 2 aromatic carbocycles. The monoisotopic (exact) mass is 436 g/mol. The lowest BCUT2D eigenvalue weighted by atomic mass is 10.1. The SMILES string of the molecule is Cc1ccc(NC(=O)Cc2nc(CSc3nnc(-c4ccccc4C)o3)cs2)cc1. The Morgan fingerprint density at radius 3 is 2.70 bits per heavy atom. The predicted molar refractivity (Wildman–Crippen MR) is 120 cm³/mol. The molecule has 30 heavy (non-hydrogen) atoms. The largest absolute Gasteiger partial charge is 0.411 e. The predicted octanol–water partition coefficient (Wildman–Crippen LogP) is 5.28. The van der Waals surface area contributed by atoms with Gasteiger partial charge >= 0.3 is 0 Å². The number of thiazole rings is 1. The summed E-state index contributed by atoms with van der Waals surface area (Å²) in [5, 5.41) is 14.4. The minimum absolute atomic E-state index is 0.0767. The van der Waals surface area contributed by atoms with Gasteiger partial charge in [0, 0.05) is 22.4 Å². The summed E-state index contributed by atoms with van der Waals surface area (Å²) in [6.45, 7) is 4.02. The Hall–Kier alpha value is -2.97. The van der Waals surface area contributed by atoms with Gasteiger partial charge in [0.2, 0.25) is 11.8 Å². The van der Waals surface area contributed by atoms with Crippen molar-refractivity contribution in [3.05, 3.63) is 75.7 Å². The molecule has 1 N–H and O–H groups in total. The summed E-state index contributed by atoms with van der Waals surface area (Å²) in [4.78, 5) is 16.8. The van der Waals surface area contributed by atoms with Crippen LogP contribution in [-0.4, -0.2) is 21.1 Å². The van der Waals surface area contributed by atoms with Gasteiger partial charge in [-0.25, -0.2) is 4.98 Å². The van der Waals surface area contributed by atoms with Crippen LogP contribution in [0, 0.1) is 13.8 Å².